The van der Waals surface area contributed by atoms with Crippen LogP contribution >= 0.6 is 0 Å². The van der Waals surface area contributed by atoms with Crippen molar-refractivity contribution in [1.29, 1.82) is 0 Å². The number of amides is 1. The molecule has 0 saturated heterocycles. The summed E-state index contributed by atoms with van der Waals surface area (Å²) in [6.45, 7) is -0.620. The maximum Gasteiger partial charge on any atom is 0.248 e. The van der Waals surface area contributed by atoms with Gasteiger partial charge in [0, 0.05) is 25.2 Å². The van der Waals surface area contributed by atoms with Crippen LogP contribution in [0.15, 0.2) is 18.2 Å². The third-order valence-corrected chi connectivity index (χ3v) is 1.98. The van der Waals surface area contributed by atoms with E-state index in [9.17, 15) is 13.6 Å². The van der Waals surface area contributed by atoms with E-state index in [0.717, 1.165) is 17.0 Å². The van der Waals surface area contributed by atoms with Crippen LogP contribution in [0.5, 0.6) is 0 Å². The van der Waals surface area contributed by atoms with Gasteiger partial charge < -0.3 is 10.0 Å². The Hall–Kier alpha value is -1.49. The van der Waals surface area contributed by atoms with Gasteiger partial charge in [-0.3, -0.25) is 4.79 Å². The molecule has 5 heteroatoms. The third-order valence-electron chi connectivity index (χ3n) is 1.98. The Morgan fingerprint density at radius 3 is 2.67 bits per heavy atom. The van der Waals surface area contributed by atoms with Gasteiger partial charge in [-0.05, 0) is 6.07 Å². The standard InChI is InChI=1S/C10H11F2NO2/c1-13(10(15)6-14)5-7-2-3-8(11)4-9(7)12/h2-4,14H,5-6H2,1H3. The van der Waals surface area contributed by atoms with Crippen LogP contribution in [0.25, 0.3) is 0 Å². The lowest BCUT2D eigenvalue weighted by atomic mass is 10.2. The van der Waals surface area contributed by atoms with E-state index in [1.54, 1.807) is 0 Å². The number of carbonyl (C=O) groups is 1. The second-order valence-corrected chi connectivity index (χ2v) is 3.14. The van der Waals surface area contributed by atoms with E-state index in [0.29, 0.717) is 0 Å². The average molecular weight is 215 g/mol. The van der Waals surface area contributed by atoms with Gasteiger partial charge in [0.25, 0.3) is 0 Å². The van der Waals surface area contributed by atoms with Crippen LogP contribution in [-0.4, -0.2) is 29.6 Å². The Morgan fingerprint density at radius 2 is 2.13 bits per heavy atom. The molecule has 1 aromatic rings. The second-order valence-electron chi connectivity index (χ2n) is 3.14. The Bertz CT molecular complexity index is 368. The summed E-state index contributed by atoms with van der Waals surface area (Å²) in [7, 11) is 1.43. The summed E-state index contributed by atoms with van der Waals surface area (Å²) < 4.78 is 25.7. The van der Waals surface area contributed by atoms with Crippen molar-refractivity contribution in [3.63, 3.8) is 0 Å². The lowest BCUT2D eigenvalue weighted by Crippen LogP contribution is -2.29. The largest absolute Gasteiger partial charge is 0.387 e. The van der Waals surface area contributed by atoms with Crippen LogP contribution in [0, 0.1) is 11.6 Å². The summed E-state index contributed by atoms with van der Waals surface area (Å²) in [6.07, 6.45) is 0. The molecule has 0 saturated carbocycles. The summed E-state index contributed by atoms with van der Waals surface area (Å²) in [5.41, 5.74) is 0.209. The van der Waals surface area contributed by atoms with Crippen LogP contribution in [0.3, 0.4) is 0 Å². The minimum Gasteiger partial charge on any atom is -0.387 e. The summed E-state index contributed by atoms with van der Waals surface area (Å²) >= 11 is 0. The van der Waals surface area contributed by atoms with E-state index in [2.05, 4.69) is 0 Å². The predicted molar refractivity (Wildman–Crippen MR) is 49.9 cm³/mol. The van der Waals surface area contributed by atoms with Crippen molar-refractivity contribution < 1.29 is 18.7 Å². The molecular weight excluding hydrogens is 204 g/mol. The first kappa shape index (κ1) is 11.6. The highest BCUT2D eigenvalue weighted by Gasteiger charge is 2.10. The fourth-order valence-electron chi connectivity index (χ4n) is 1.11. The molecule has 0 atom stereocenters. The number of benzene rings is 1. The molecule has 0 aliphatic heterocycles. The van der Waals surface area contributed by atoms with E-state index < -0.39 is 24.1 Å². The molecule has 1 N–H and O–H groups in total. The smallest absolute Gasteiger partial charge is 0.248 e. The van der Waals surface area contributed by atoms with E-state index >= 15 is 0 Å². The Labute approximate surface area is 85.9 Å². The first-order valence-electron chi connectivity index (χ1n) is 4.33. The number of carbonyl (C=O) groups excluding carboxylic acids is 1. The lowest BCUT2D eigenvalue weighted by Gasteiger charge is -2.16. The number of halogens is 2. The number of aliphatic hydroxyl groups is 1. The molecule has 1 rings (SSSR count). The molecule has 0 heterocycles. The molecule has 0 unspecified atom stereocenters. The Balaban J connectivity index is 2.76. The Kier molecular flexibility index (Phi) is 3.74. The monoisotopic (exact) mass is 215 g/mol. The Morgan fingerprint density at radius 1 is 1.47 bits per heavy atom. The average Bonchev–Trinajstić information content (AvgIpc) is 2.20. The van der Waals surface area contributed by atoms with Crippen molar-refractivity contribution in [2.45, 2.75) is 6.54 Å². The maximum absolute atomic E-state index is 13.1. The second kappa shape index (κ2) is 4.84. The van der Waals surface area contributed by atoms with E-state index in [-0.39, 0.29) is 12.1 Å². The summed E-state index contributed by atoms with van der Waals surface area (Å²) in [5, 5.41) is 8.55. The molecule has 0 aliphatic rings. The van der Waals surface area contributed by atoms with Gasteiger partial charge in [-0.2, -0.15) is 0 Å². The number of likely N-dealkylation sites (N-methyl/N-ethyl adjacent to an activating group) is 1. The molecule has 1 amide bonds. The van der Waals surface area contributed by atoms with Crippen LogP contribution in [0.1, 0.15) is 5.56 Å². The predicted octanol–water partition coefficient (Wildman–Crippen LogP) is 0.915. The molecule has 0 aromatic heterocycles. The molecule has 82 valence electrons. The van der Waals surface area contributed by atoms with Gasteiger partial charge in [0.15, 0.2) is 0 Å². The summed E-state index contributed by atoms with van der Waals surface area (Å²) in [5.74, 6) is -1.88. The van der Waals surface area contributed by atoms with Crippen LogP contribution < -0.4 is 0 Å². The fraction of sp³-hybridized carbons (Fsp3) is 0.300. The van der Waals surface area contributed by atoms with Gasteiger partial charge in [-0.1, -0.05) is 6.07 Å². The van der Waals surface area contributed by atoms with Gasteiger partial charge in [-0.15, -0.1) is 0 Å². The number of rotatable bonds is 3. The van der Waals surface area contributed by atoms with Crippen LogP contribution in [0.2, 0.25) is 0 Å². The molecule has 0 radical (unpaired) electrons. The van der Waals surface area contributed by atoms with Crippen molar-refractivity contribution in [3.05, 3.63) is 35.4 Å². The number of hydrogen-bond acceptors (Lipinski definition) is 2. The van der Waals surface area contributed by atoms with Gasteiger partial charge in [0.1, 0.15) is 18.2 Å². The van der Waals surface area contributed by atoms with E-state index in [1.165, 1.54) is 13.1 Å². The van der Waals surface area contributed by atoms with Crippen molar-refractivity contribution in [2.75, 3.05) is 13.7 Å². The zero-order valence-electron chi connectivity index (χ0n) is 8.20. The molecule has 3 nitrogen and oxygen atoms in total. The number of nitrogens with zero attached hydrogens (tertiary/aromatic N) is 1. The quantitative estimate of drug-likeness (QED) is 0.814. The highest BCUT2D eigenvalue weighted by atomic mass is 19.1. The minimum atomic E-state index is -0.701. The van der Waals surface area contributed by atoms with Crippen LogP contribution in [-0.2, 0) is 11.3 Å². The summed E-state index contributed by atoms with van der Waals surface area (Å²) in [6, 6.07) is 3.15. The van der Waals surface area contributed by atoms with Gasteiger partial charge in [0.05, 0.1) is 0 Å². The maximum atomic E-state index is 13.1. The van der Waals surface area contributed by atoms with Gasteiger partial charge in [-0.25, -0.2) is 8.78 Å². The van der Waals surface area contributed by atoms with Crippen molar-refractivity contribution in [2.24, 2.45) is 0 Å². The fourth-order valence-corrected chi connectivity index (χ4v) is 1.11. The third kappa shape index (κ3) is 2.99. The van der Waals surface area contributed by atoms with E-state index in [1.807, 2.05) is 0 Å². The SMILES string of the molecule is CN(Cc1ccc(F)cc1F)C(=O)CO. The topological polar surface area (TPSA) is 40.5 Å². The van der Waals surface area contributed by atoms with Crippen LogP contribution in [0.4, 0.5) is 8.78 Å². The molecule has 15 heavy (non-hydrogen) atoms. The molecule has 0 fully saturated rings. The molecule has 0 bridgehead atoms. The van der Waals surface area contributed by atoms with Crippen molar-refractivity contribution in [1.82, 2.24) is 4.90 Å². The highest BCUT2D eigenvalue weighted by Crippen LogP contribution is 2.11. The minimum absolute atomic E-state index is 0.00546. The van der Waals surface area contributed by atoms with Gasteiger partial charge >= 0.3 is 0 Å². The van der Waals surface area contributed by atoms with Gasteiger partial charge in [0.2, 0.25) is 5.91 Å². The molecular formula is C10H11F2NO2. The summed E-state index contributed by atoms with van der Waals surface area (Å²) in [4.78, 5) is 12.1. The van der Waals surface area contributed by atoms with Crippen molar-refractivity contribution in [3.8, 4) is 0 Å². The molecule has 0 aliphatic carbocycles. The van der Waals surface area contributed by atoms with E-state index in [4.69, 9.17) is 5.11 Å². The van der Waals surface area contributed by atoms with Crippen molar-refractivity contribution >= 4 is 5.91 Å². The zero-order chi connectivity index (χ0) is 11.4. The number of hydrogen-bond donors (Lipinski definition) is 1. The first-order chi connectivity index (χ1) is 7.04. The highest BCUT2D eigenvalue weighted by molar-refractivity contribution is 5.76. The normalized spacial score (nSPS) is 10.1. The first-order valence-corrected chi connectivity index (χ1v) is 4.33. The zero-order valence-corrected chi connectivity index (χ0v) is 8.20. The molecule has 0 spiro atoms. The molecule has 1 aromatic carbocycles. The lowest BCUT2D eigenvalue weighted by molar-refractivity contribution is -0.133. The number of aliphatic hydroxyl groups excluding tert-OH is 1.